The van der Waals surface area contributed by atoms with Gasteiger partial charge in [-0.2, -0.15) is 0 Å². The molecule has 98 valence electrons. The van der Waals surface area contributed by atoms with Crippen LogP contribution >= 0.6 is 0 Å². The van der Waals surface area contributed by atoms with Crippen LogP contribution in [0, 0.1) is 12.7 Å². The number of halogens is 1. The number of pyridine rings is 1. The summed E-state index contributed by atoms with van der Waals surface area (Å²) in [5.41, 5.74) is 2.08. The fourth-order valence-electron chi connectivity index (χ4n) is 1.55. The minimum Gasteiger partial charge on any atom is -0.478 e. The summed E-state index contributed by atoms with van der Waals surface area (Å²) in [6.45, 7) is 2.10. The van der Waals surface area contributed by atoms with E-state index in [1.54, 1.807) is 25.1 Å². The van der Waals surface area contributed by atoms with Gasteiger partial charge in [0.2, 0.25) is 0 Å². The molecule has 0 radical (unpaired) electrons. The van der Waals surface area contributed by atoms with E-state index in [9.17, 15) is 9.18 Å². The van der Waals surface area contributed by atoms with E-state index in [2.05, 4.69) is 10.3 Å². The SMILES string of the molecule is Cc1ccc(NCc2ccc(C(=O)O)cn2)cc1F. The molecule has 2 N–H and O–H groups in total. The van der Waals surface area contributed by atoms with Crippen LogP contribution in [0.2, 0.25) is 0 Å². The molecule has 0 amide bonds. The largest absolute Gasteiger partial charge is 0.478 e. The van der Waals surface area contributed by atoms with Crippen molar-refractivity contribution in [2.24, 2.45) is 0 Å². The Morgan fingerprint density at radius 1 is 1.37 bits per heavy atom. The highest BCUT2D eigenvalue weighted by atomic mass is 19.1. The van der Waals surface area contributed by atoms with Crippen LogP contribution in [0.4, 0.5) is 10.1 Å². The quantitative estimate of drug-likeness (QED) is 0.887. The molecule has 0 bridgehead atoms. The van der Waals surface area contributed by atoms with E-state index in [0.717, 1.165) is 0 Å². The summed E-state index contributed by atoms with van der Waals surface area (Å²) in [7, 11) is 0. The second kappa shape index (κ2) is 5.48. The van der Waals surface area contributed by atoms with Gasteiger partial charge in [0.1, 0.15) is 5.82 Å². The number of aromatic carboxylic acids is 1. The number of carbonyl (C=O) groups is 1. The van der Waals surface area contributed by atoms with Crippen LogP contribution in [-0.4, -0.2) is 16.1 Å². The third-order valence-corrected chi connectivity index (χ3v) is 2.72. The molecular weight excluding hydrogens is 247 g/mol. The highest BCUT2D eigenvalue weighted by molar-refractivity contribution is 5.87. The van der Waals surface area contributed by atoms with Gasteiger partial charge in [0.05, 0.1) is 17.8 Å². The van der Waals surface area contributed by atoms with Gasteiger partial charge in [0, 0.05) is 11.9 Å². The Bertz CT molecular complexity index is 597. The number of rotatable bonds is 4. The summed E-state index contributed by atoms with van der Waals surface area (Å²) >= 11 is 0. The van der Waals surface area contributed by atoms with Crippen molar-refractivity contribution in [1.29, 1.82) is 0 Å². The van der Waals surface area contributed by atoms with Crippen LogP contribution in [0.15, 0.2) is 36.5 Å². The Kier molecular flexibility index (Phi) is 3.75. The van der Waals surface area contributed by atoms with Crippen molar-refractivity contribution in [2.75, 3.05) is 5.32 Å². The van der Waals surface area contributed by atoms with Crippen molar-refractivity contribution in [2.45, 2.75) is 13.5 Å². The maximum absolute atomic E-state index is 13.3. The smallest absolute Gasteiger partial charge is 0.337 e. The third kappa shape index (κ3) is 3.28. The van der Waals surface area contributed by atoms with Gasteiger partial charge in [-0.25, -0.2) is 9.18 Å². The molecule has 0 aliphatic carbocycles. The van der Waals surface area contributed by atoms with Gasteiger partial charge in [-0.1, -0.05) is 6.07 Å². The van der Waals surface area contributed by atoms with Gasteiger partial charge in [-0.15, -0.1) is 0 Å². The minimum atomic E-state index is -1.01. The summed E-state index contributed by atoms with van der Waals surface area (Å²) in [4.78, 5) is 14.7. The van der Waals surface area contributed by atoms with Crippen molar-refractivity contribution in [1.82, 2.24) is 4.98 Å². The maximum Gasteiger partial charge on any atom is 0.337 e. The molecular formula is C14H13FN2O2. The predicted molar refractivity (Wildman–Crippen MR) is 69.7 cm³/mol. The highest BCUT2D eigenvalue weighted by Gasteiger charge is 2.03. The number of aryl methyl sites for hydroxylation is 1. The number of nitrogens with one attached hydrogen (secondary N) is 1. The first-order valence-corrected chi connectivity index (χ1v) is 5.74. The van der Waals surface area contributed by atoms with E-state index < -0.39 is 5.97 Å². The second-order valence-corrected chi connectivity index (χ2v) is 4.16. The summed E-state index contributed by atoms with van der Waals surface area (Å²) < 4.78 is 13.3. The van der Waals surface area contributed by atoms with Gasteiger partial charge < -0.3 is 10.4 Å². The number of anilines is 1. The zero-order valence-electron chi connectivity index (χ0n) is 10.4. The van der Waals surface area contributed by atoms with E-state index in [-0.39, 0.29) is 11.4 Å². The molecule has 0 aliphatic rings. The lowest BCUT2D eigenvalue weighted by atomic mass is 10.2. The number of nitrogens with zero attached hydrogens (tertiary/aromatic N) is 1. The van der Waals surface area contributed by atoms with Gasteiger partial charge in [0.25, 0.3) is 0 Å². The van der Waals surface area contributed by atoms with E-state index in [4.69, 9.17) is 5.11 Å². The molecule has 0 fully saturated rings. The van der Waals surface area contributed by atoms with Crippen molar-refractivity contribution in [3.63, 3.8) is 0 Å². The molecule has 2 rings (SSSR count). The molecule has 4 nitrogen and oxygen atoms in total. The second-order valence-electron chi connectivity index (χ2n) is 4.16. The number of benzene rings is 1. The average Bonchev–Trinajstić information content (AvgIpc) is 2.40. The molecule has 1 aromatic carbocycles. The molecule has 0 atom stereocenters. The Morgan fingerprint density at radius 2 is 2.16 bits per heavy atom. The lowest BCUT2D eigenvalue weighted by Gasteiger charge is -2.07. The Hall–Kier alpha value is -2.43. The van der Waals surface area contributed by atoms with Gasteiger partial charge >= 0.3 is 5.97 Å². The lowest BCUT2D eigenvalue weighted by Crippen LogP contribution is -2.04. The van der Waals surface area contributed by atoms with Crippen molar-refractivity contribution < 1.29 is 14.3 Å². The van der Waals surface area contributed by atoms with Crippen LogP contribution < -0.4 is 5.32 Å². The Balaban J connectivity index is 2.01. The fraction of sp³-hybridized carbons (Fsp3) is 0.143. The Labute approximate surface area is 109 Å². The molecule has 5 heteroatoms. The number of hydrogen-bond donors (Lipinski definition) is 2. The van der Waals surface area contributed by atoms with Crippen LogP contribution in [0.5, 0.6) is 0 Å². The first-order valence-electron chi connectivity index (χ1n) is 5.74. The average molecular weight is 260 g/mol. The number of carboxylic acid groups (broad SMARTS) is 1. The van der Waals surface area contributed by atoms with Crippen LogP contribution in [0.1, 0.15) is 21.6 Å². The predicted octanol–water partition coefficient (Wildman–Crippen LogP) is 2.84. The van der Waals surface area contributed by atoms with E-state index in [1.807, 2.05) is 0 Å². The van der Waals surface area contributed by atoms with E-state index >= 15 is 0 Å². The zero-order chi connectivity index (χ0) is 13.8. The number of carboxylic acids is 1. The molecule has 19 heavy (non-hydrogen) atoms. The number of hydrogen-bond acceptors (Lipinski definition) is 3. The van der Waals surface area contributed by atoms with Crippen LogP contribution in [0.3, 0.4) is 0 Å². The fourth-order valence-corrected chi connectivity index (χ4v) is 1.55. The first-order chi connectivity index (χ1) is 9.06. The first kappa shape index (κ1) is 13.0. The van der Waals surface area contributed by atoms with Gasteiger partial charge in [-0.3, -0.25) is 4.98 Å². The highest BCUT2D eigenvalue weighted by Crippen LogP contribution is 2.14. The normalized spacial score (nSPS) is 10.2. The number of aromatic nitrogens is 1. The van der Waals surface area contributed by atoms with Crippen molar-refractivity contribution >= 4 is 11.7 Å². The molecule has 0 unspecified atom stereocenters. The van der Waals surface area contributed by atoms with Crippen molar-refractivity contribution in [3.8, 4) is 0 Å². The molecule has 1 aromatic heterocycles. The van der Waals surface area contributed by atoms with E-state index in [0.29, 0.717) is 23.5 Å². The molecule has 0 spiro atoms. The summed E-state index contributed by atoms with van der Waals surface area (Å²) in [5.74, 6) is -1.27. The van der Waals surface area contributed by atoms with E-state index in [1.165, 1.54) is 18.3 Å². The van der Waals surface area contributed by atoms with Crippen LogP contribution in [0.25, 0.3) is 0 Å². The minimum absolute atomic E-state index is 0.144. The zero-order valence-corrected chi connectivity index (χ0v) is 10.4. The third-order valence-electron chi connectivity index (χ3n) is 2.72. The molecule has 2 aromatic rings. The van der Waals surface area contributed by atoms with Gasteiger partial charge in [-0.05, 0) is 36.8 Å². The Morgan fingerprint density at radius 3 is 2.74 bits per heavy atom. The summed E-state index contributed by atoms with van der Waals surface area (Å²) in [5, 5.41) is 11.8. The molecule has 0 saturated heterocycles. The molecule has 1 heterocycles. The van der Waals surface area contributed by atoms with Crippen molar-refractivity contribution in [3.05, 3.63) is 59.2 Å². The van der Waals surface area contributed by atoms with Gasteiger partial charge in [0.15, 0.2) is 0 Å². The summed E-state index contributed by atoms with van der Waals surface area (Å²) in [6, 6.07) is 8.01. The molecule has 0 aliphatic heterocycles. The monoisotopic (exact) mass is 260 g/mol. The lowest BCUT2D eigenvalue weighted by molar-refractivity contribution is 0.0696. The maximum atomic E-state index is 13.3. The topological polar surface area (TPSA) is 62.2 Å². The standard InChI is InChI=1S/C14H13FN2O2/c1-9-2-4-11(6-13(9)15)17-8-12-5-3-10(7-16-12)14(18)19/h2-7,17H,8H2,1H3,(H,18,19). The van der Waals surface area contributed by atoms with Crippen LogP contribution in [-0.2, 0) is 6.54 Å². The molecule has 0 saturated carbocycles. The summed E-state index contributed by atoms with van der Waals surface area (Å²) in [6.07, 6.45) is 1.30.